The van der Waals surface area contributed by atoms with Gasteiger partial charge in [-0.15, -0.1) is 0 Å². The Morgan fingerprint density at radius 2 is 1.91 bits per heavy atom. The fourth-order valence-electron chi connectivity index (χ4n) is 4.44. The number of hydrogen-bond donors (Lipinski definition) is 0. The Labute approximate surface area is 190 Å². The number of aromatic nitrogens is 1. The fourth-order valence-corrected chi connectivity index (χ4v) is 4.44. The molecule has 3 heterocycles. The maximum absolute atomic E-state index is 14.4. The topological polar surface area (TPSA) is 92.9 Å². The predicted molar refractivity (Wildman–Crippen MR) is 119 cm³/mol. The lowest BCUT2D eigenvalue weighted by Crippen LogP contribution is -2.49. The SMILES string of the molecule is Cc1c(C2C=NN(c3ccc(C(=O)N4CCN(C5CC5)CC4)cn3)C2=O)ccc(C#N)c1F. The van der Waals surface area contributed by atoms with Gasteiger partial charge in [0.15, 0.2) is 5.82 Å². The maximum atomic E-state index is 14.4. The van der Waals surface area contributed by atoms with E-state index in [2.05, 4.69) is 15.0 Å². The number of piperazine rings is 1. The van der Waals surface area contributed by atoms with E-state index >= 15 is 0 Å². The van der Waals surface area contributed by atoms with Crippen LogP contribution in [-0.2, 0) is 4.79 Å². The third kappa shape index (κ3) is 3.87. The summed E-state index contributed by atoms with van der Waals surface area (Å²) in [5, 5.41) is 14.3. The molecule has 5 rings (SSSR count). The van der Waals surface area contributed by atoms with Crippen molar-refractivity contribution in [3.05, 3.63) is 58.5 Å². The van der Waals surface area contributed by atoms with E-state index in [1.54, 1.807) is 31.2 Å². The molecule has 2 amide bonds. The summed E-state index contributed by atoms with van der Waals surface area (Å²) in [5.74, 6) is -1.54. The number of hydrogen-bond acceptors (Lipinski definition) is 6. The standard InChI is InChI=1S/C24H23FN6O2/c1-15-19(6-2-16(12-26)22(15)25)20-14-28-31(24(20)33)21-7-3-17(13-27-21)23(32)30-10-8-29(9-11-30)18-4-5-18/h2-3,6-7,13-14,18,20H,4-5,8-11H2,1H3. The highest BCUT2D eigenvalue weighted by molar-refractivity contribution is 6.12. The van der Waals surface area contributed by atoms with Crippen LogP contribution in [0, 0.1) is 24.1 Å². The first kappa shape index (κ1) is 21.2. The molecular weight excluding hydrogens is 423 g/mol. The molecule has 9 heteroatoms. The molecule has 33 heavy (non-hydrogen) atoms. The zero-order valence-corrected chi connectivity index (χ0v) is 18.2. The number of amides is 2. The highest BCUT2D eigenvalue weighted by atomic mass is 19.1. The van der Waals surface area contributed by atoms with Gasteiger partial charge < -0.3 is 4.90 Å². The van der Waals surface area contributed by atoms with Gasteiger partial charge in [-0.05, 0) is 49.1 Å². The average Bonchev–Trinajstić information content (AvgIpc) is 3.63. The van der Waals surface area contributed by atoms with Crippen molar-refractivity contribution in [2.75, 3.05) is 31.2 Å². The van der Waals surface area contributed by atoms with E-state index < -0.39 is 11.7 Å². The Morgan fingerprint density at radius 3 is 2.55 bits per heavy atom. The fraction of sp³-hybridized carbons (Fsp3) is 0.375. The summed E-state index contributed by atoms with van der Waals surface area (Å²) in [4.78, 5) is 34.4. The summed E-state index contributed by atoms with van der Waals surface area (Å²) in [7, 11) is 0. The molecule has 3 aliphatic rings. The van der Waals surface area contributed by atoms with E-state index in [1.165, 1.54) is 31.3 Å². The molecule has 2 aromatic rings. The van der Waals surface area contributed by atoms with Crippen molar-refractivity contribution in [1.29, 1.82) is 5.26 Å². The van der Waals surface area contributed by atoms with Crippen molar-refractivity contribution < 1.29 is 14.0 Å². The van der Waals surface area contributed by atoms with Gasteiger partial charge in [-0.25, -0.2) is 9.37 Å². The van der Waals surface area contributed by atoms with Crippen LogP contribution in [0.25, 0.3) is 0 Å². The highest BCUT2D eigenvalue weighted by Crippen LogP contribution is 2.30. The van der Waals surface area contributed by atoms with Crippen molar-refractivity contribution in [3.63, 3.8) is 0 Å². The second-order valence-corrected chi connectivity index (χ2v) is 8.61. The Bertz CT molecular complexity index is 1180. The van der Waals surface area contributed by atoms with Crippen molar-refractivity contribution in [3.8, 4) is 6.07 Å². The van der Waals surface area contributed by atoms with Crippen LogP contribution < -0.4 is 5.01 Å². The molecule has 2 fully saturated rings. The van der Waals surface area contributed by atoms with Gasteiger partial charge in [-0.1, -0.05) is 6.07 Å². The Morgan fingerprint density at radius 1 is 1.15 bits per heavy atom. The summed E-state index contributed by atoms with van der Waals surface area (Å²) in [6, 6.07) is 8.69. The number of hydrazone groups is 1. The van der Waals surface area contributed by atoms with Gasteiger partial charge in [0.25, 0.3) is 11.8 Å². The molecule has 1 aromatic heterocycles. The van der Waals surface area contributed by atoms with Gasteiger partial charge >= 0.3 is 0 Å². The normalized spacial score (nSPS) is 20.9. The number of rotatable bonds is 4. The molecule has 0 radical (unpaired) electrons. The third-order valence-electron chi connectivity index (χ3n) is 6.57. The number of carbonyl (C=O) groups is 2. The molecule has 168 valence electrons. The smallest absolute Gasteiger partial charge is 0.261 e. The van der Waals surface area contributed by atoms with E-state index in [1.807, 2.05) is 4.90 Å². The van der Waals surface area contributed by atoms with Crippen molar-refractivity contribution in [1.82, 2.24) is 14.8 Å². The van der Waals surface area contributed by atoms with Gasteiger partial charge in [-0.3, -0.25) is 14.5 Å². The van der Waals surface area contributed by atoms with Gasteiger partial charge in [0.1, 0.15) is 17.8 Å². The quantitative estimate of drug-likeness (QED) is 0.719. The van der Waals surface area contributed by atoms with Crippen LogP contribution in [0.4, 0.5) is 10.2 Å². The number of nitriles is 1. The Balaban J connectivity index is 1.27. The number of halogens is 1. The molecule has 1 saturated heterocycles. The van der Waals surface area contributed by atoms with Crippen molar-refractivity contribution >= 4 is 23.8 Å². The third-order valence-corrected chi connectivity index (χ3v) is 6.57. The minimum Gasteiger partial charge on any atom is -0.336 e. The van der Waals surface area contributed by atoms with Gasteiger partial charge in [0.05, 0.1) is 11.1 Å². The zero-order valence-electron chi connectivity index (χ0n) is 18.2. The van der Waals surface area contributed by atoms with Gasteiger partial charge in [0, 0.05) is 44.6 Å². The average molecular weight is 446 g/mol. The molecule has 1 saturated carbocycles. The van der Waals surface area contributed by atoms with E-state index in [0.29, 0.717) is 36.1 Å². The van der Waals surface area contributed by atoms with Crippen LogP contribution in [0.5, 0.6) is 0 Å². The van der Waals surface area contributed by atoms with Gasteiger partial charge in [0.2, 0.25) is 0 Å². The van der Waals surface area contributed by atoms with Crippen LogP contribution >= 0.6 is 0 Å². The monoisotopic (exact) mass is 446 g/mol. The summed E-state index contributed by atoms with van der Waals surface area (Å²) in [6.07, 6.45) is 5.43. The molecule has 1 aromatic carbocycles. The van der Waals surface area contributed by atoms with E-state index in [4.69, 9.17) is 5.26 Å². The van der Waals surface area contributed by atoms with E-state index in [-0.39, 0.29) is 22.9 Å². The van der Waals surface area contributed by atoms with Crippen LogP contribution in [0.2, 0.25) is 0 Å². The van der Waals surface area contributed by atoms with Crippen LogP contribution in [0.3, 0.4) is 0 Å². The van der Waals surface area contributed by atoms with E-state index in [9.17, 15) is 14.0 Å². The lowest BCUT2D eigenvalue weighted by atomic mass is 9.93. The second kappa shape index (κ2) is 8.37. The van der Waals surface area contributed by atoms with Crippen LogP contribution in [0.15, 0.2) is 35.6 Å². The molecule has 8 nitrogen and oxygen atoms in total. The minimum absolute atomic E-state index is 0.0635. The Kier molecular flexibility index (Phi) is 5.38. The lowest BCUT2D eigenvalue weighted by molar-refractivity contribution is -0.118. The molecule has 0 N–H and O–H groups in total. The Hall–Kier alpha value is -3.64. The molecular formula is C24H23FN6O2. The predicted octanol–water partition coefficient (Wildman–Crippen LogP) is 2.44. The van der Waals surface area contributed by atoms with Crippen molar-refractivity contribution in [2.45, 2.75) is 31.7 Å². The summed E-state index contributed by atoms with van der Waals surface area (Å²) in [5.41, 5.74) is 1.11. The first-order valence-corrected chi connectivity index (χ1v) is 11.0. The lowest BCUT2D eigenvalue weighted by Gasteiger charge is -2.34. The van der Waals surface area contributed by atoms with Gasteiger partial charge in [-0.2, -0.15) is 15.4 Å². The molecule has 0 spiro atoms. The summed E-state index contributed by atoms with van der Waals surface area (Å²) < 4.78 is 14.4. The minimum atomic E-state index is -0.766. The number of nitrogens with zero attached hydrogens (tertiary/aromatic N) is 6. The summed E-state index contributed by atoms with van der Waals surface area (Å²) >= 11 is 0. The molecule has 2 aliphatic heterocycles. The number of anilines is 1. The number of pyridine rings is 1. The summed E-state index contributed by atoms with van der Waals surface area (Å²) in [6.45, 7) is 4.74. The van der Waals surface area contributed by atoms with Crippen molar-refractivity contribution in [2.24, 2.45) is 5.10 Å². The first-order chi connectivity index (χ1) is 16.0. The maximum Gasteiger partial charge on any atom is 0.261 e. The molecule has 1 atom stereocenters. The van der Waals surface area contributed by atoms with Crippen LogP contribution in [0.1, 0.15) is 45.8 Å². The van der Waals surface area contributed by atoms with E-state index in [0.717, 1.165) is 18.1 Å². The zero-order chi connectivity index (χ0) is 23.1. The number of carbonyl (C=O) groups excluding carboxylic acids is 2. The molecule has 1 unspecified atom stereocenters. The molecule has 0 bridgehead atoms. The first-order valence-electron chi connectivity index (χ1n) is 11.0. The number of benzene rings is 1. The highest BCUT2D eigenvalue weighted by Gasteiger charge is 2.34. The molecule has 1 aliphatic carbocycles. The second-order valence-electron chi connectivity index (χ2n) is 8.61. The van der Waals surface area contributed by atoms with Crippen LogP contribution in [-0.4, -0.2) is 65.0 Å². The largest absolute Gasteiger partial charge is 0.336 e.